The van der Waals surface area contributed by atoms with E-state index in [0.29, 0.717) is 22.7 Å². The fraction of sp³-hybridized carbons (Fsp3) is 0.400. The Kier molecular flexibility index (Phi) is 5.56. The Morgan fingerprint density at radius 2 is 2.06 bits per heavy atom. The van der Waals surface area contributed by atoms with Gasteiger partial charge in [0.25, 0.3) is 5.91 Å². The lowest BCUT2D eigenvalue weighted by Crippen LogP contribution is -2.51. The van der Waals surface area contributed by atoms with Gasteiger partial charge in [0.15, 0.2) is 5.65 Å². The highest BCUT2D eigenvalue weighted by Gasteiger charge is 2.33. The van der Waals surface area contributed by atoms with Crippen molar-refractivity contribution in [2.24, 2.45) is 0 Å². The minimum absolute atomic E-state index is 0.0120. The van der Waals surface area contributed by atoms with Crippen molar-refractivity contribution in [2.45, 2.75) is 38.0 Å². The van der Waals surface area contributed by atoms with Crippen LogP contribution >= 0.6 is 0 Å². The zero-order valence-electron chi connectivity index (χ0n) is 20.3. The summed E-state index contributed by atoms with van der Waals surface area (Å²) in [6.45, 7) is 1.89. The smallest absolute Gasteiger partial charge is 0.257 e. The number of fused-ring (bicyclic) bond motifs is 2. The van der Waals surface area contributed by atoms with E-state index in [-0.39, 0.29) is 30.5 Å². The Balaban J connectivity index is 1.34. The maximum absolute atomic E-state index is 13.1. The zero-order chi connectivity index (χ0) is 24.8. The molecule has 1 saturated carbocycles. The molecule has 2 atom stereocenters. The van der Waals surface area contributed by atoms with E-state index < -0.39 is 0 Å². The van der Waals surface area contributed by atoms with Gasteiger partial charge in [-0.05, 0) is 31.4 Å². The molecule has 6 rings (SSSR count). The third kappa shape index (κ3) is 3.67. The number of amides is 2. The van der Waals surface area contributed by atoms with Crippen LogP contribution in [0.5, 0.6) is 0 Å². The molecule has 3 aliphatic heterocycles. The maximum Gasteiger partial charge on any atom is 0.257 e. The van der Waals surface area contributed by atoms with Gasteiger partial charge in [-0.2, -0.15) is 9.61 Å². The molecule has 11 nitrogen and oxygen atoms in total. The molecule has 11 heteroatoms. The van der Waals surface area contributed by atoms with Crippen LogP contribution in [0.4, 0.5) is 5.82 Å². The normalized spacial score (nSPS) is 19.2. The van der Waals surface area contributed by atoms with E-state index in [0.717, 1.165) is 49.3 Å². The number of ether oxygens (including phenoxy) is 1. The molecule has 2 aromatic rings. The van der Waals surface area contributed by atoms with Crippen molar-refractivity contribution in [3.05, 3.63) is 42.4 Å². The number of nitrogens with one attached hydrogen (secondary N) is 2. The van der Waals surface area contributed by atoms with Crippen molar-refractivity contribution in [1.29, 1.82) is 0 Å². The highest BCUT2D eigenvalue weighted by Crippen LogP contribution is 2.34. The van der Waals surface area contributed by atoms with Crippen LogP contribution in [0, 0.1) is 0 Å². The number of nitrogens with zero attached hydrogens (tertiary/aromatic N) is 6. The number of carbonyl (C=O) groups excluding carboxylic acids is 2. The van der Waals surface area contributed by atoms with Crippen LogP contribution in [0.2, 0.25) is 0 Å². The first-order valence-electron chi connectivity index (χ1n) is 12.2. The number of carbonyl (C=O) groups is 2. The first-order chi connectivity index (χ1) is 17.6. The van der Waals surface area contributed by atoms with Crippen LogP contribution in [0.1, 0.15) is 29.6 Å². The van der Waals surface area contributed by atoms with Crippen LogP contribution < -0.4 is 10.6 Å². The molecular weight excluding hydrogens is 460 g/mol. The van der Waals surface area contributed by atoms with E-state index in [9.17, 15) is 9.59 Å². The number of rotatable bonds is 7. The minimum atomic E-state index is -0.226. The fourth-order valence-electron chi connectivity index (χ4n) is 4.84. The summed E-state index contributed by atoms with van der Waals surface area (Å²) in [6, 6.07) is 5.76. The molecule has 1 aliphatic carbocycles. The van der Waals surface area contributed by atoms with Gasteiger partial charge in [-0.25, -0.2) is 9.97 Å². The second-order valence-corrected chi connectivity index (χ2v) is 9.28. The molecule has 5 heterocycles. The molecule has 0 bridgehead atoms. The molecule has 2 aromatic heterocycles. The molecule has 2 fully saturated rings. The Hall–Kier alpha value is -3.99. The number of hydrogen-bond acceptors (Lipinski definition) is 7. The van der Waals surface area contributed by atoms with Crippen molar-refractivity contribution in [2.75, 3.05) is 32.6 Å². The number of hydrogen-bond donors (Lipinski definition) is 2. The van der Waals surface area contributed by atoms with Gasteiger partial charge in [-0.1, -0.05) is 0 Å². The lowest BCUT2D eigenvalue weighted by molar-refractivity contribution is -0.135. The molecule has 0 spiro atoms. The third-order valence-electron chi connectivity index (χ3n) is 7.24. The Labute approximate surface area is 207 Å². The third-order valence-corrected chi connectivity index (χ3v) is 7.24. The highest BCUT2D eigenvalue weighted by molar-refractivity contribution is 6.00. The van der Waals surface area contributed by atoms with Gasteiger partial charge < -0.3 is 24.8 Å². The molecule has 186 valence electrons. The lowest BCUT2D eigenvalue weighted by Gasteiger charge is -2.35. The summed E-state index contributed by atoms with van der Waals surface area (Å²) < 4.78 is 8.91. The molecule has 1 saturated heterocycles. The molecule has 2 unspecified atom stereocenters. The van der Waals surface area contributed by atoms with Crippen molar-refractivity contribution < 1.29 is 14.3 Å². The molecule has 0 radical (unpaired) electrons. The first kappa shape index (κ1) is 22.5. The summed E-state index contributed by atoms with van der Waals surface area (Å²) in [5.74, 6) is 1.28. The number of likely N-dealkylation sites (tertiary alicyclic amines) is 1. The average Bonchev–Trinajstić information content (AvgIpc) is 3.45. The summed E-state index contributed by atoms with van der Waals surface area (Å²) in [5.41, 5.74) is 3.22. The van der Waals surface area contributed by atoms with E-state index in [4.69, 9.17) is 9.72 Å². The quantitative estimate of drug-likeness (QED) is 0.408. The second kappa shape index (κ2) is 8.90. The summed E-state index contributed by atoms with van der Waals surface area (Å²) >= 11 is 0. The first-order valence-corrected chi connectivity index (χ1v) is 12.2. The standard InChI is InChI=1S/C25H28N8O3/c1-26-21-11-19(29-24-17(13-28-33(21)24)25(35)30-18-6-7-20(18)36-2)16-12-27-23-15(16)5-3-8-32(23)14-22(34)31-9-4-10-31/h3,5,8,11-13,18,20,26H,4,6-7,9-10,14H2,1-2H3,(H,30,35). The van der Waals surface area contributed by atoms with Crippen molar-refractivity contribution in [1.82, 2.24) is 34.4 Å². The lowest BCUT2D eigenvalue weighted by atomic mass is 9.89. The fourth-order valence-corrected chi connectivity index (χ4v) is 4.84. The number of aromatic nitrogens is 5. The average molecular weight is 489 g/mol. The molecule has 2 amide bonds. The van der Waals surface area contributed by atoms with Crippen molar-refractivity contribution >= 4 is 23.3 Å². The van der Waals surface area contributed by atoms with Crippen LogP contribution in [-0.2, 0) is 16.1 Å². The van der Waals surface area contributed by atoms with Gasteiger partial charge >= 0.3 is 0 Å². The minimum Gasteiger partial charge on any atom is -0.379 e. The van der Waals surface area contributed by atoms with E-state index in [1.165, 1.54) is 0 Å². The molecular formula is C25H28N8O3. The predicted molar refractivity (Wildman–Crippen MR) is 133 cm³/mol. The monoisotopic (exact) mass is 488 g/mol. The van der Waals surface area contributed by atoms with Gasteiger partial charge in [0.2, 0.25) is 5.91 Å². The molecule has 36 heavy (non-hydrogen) atoms. The number of methoxy groups -OCH3 is 1. The maximum atomic E-state index is 13.1. The Bertz CT molecular complexity index is 1420. The number of anilines is 1. The van der Waals surface area contributed by atoms with E-state index in [1.807, 2.05) is 33.9 Å². The summed E-state index contributed by atoms with van der Waals surface area (Å²) in [6.07, 6.45) is 8.09. The SMILES string of the molecule is CNc1cc(-c2cnc3n(CC(=O)N4CCC4)cccc2-3)nc2c(C(=O)NC3CCC3OC)cnn12. The number of pyridine rings is 1. The van der Waals surface area contributed by atoms with E-state index in [1.54, 1.807) is 31.1 Å². The van der Waals surface area contributed by atoms with Crippen molar-refractivity contribution in [3.8, 4) is 22.6 Å². The molecule has 4 aliphatic rings. The van der Waals surface area contributed by atoms with Crippen LogP contribution in [0.25, 0.3) is 28.3 Å². The van der Waals surface area contributed by atoms with Gasteiger partial charge in [0, 0.05) is 56.8 Å². The van der Waals surface area contributed by atoms with Gasteiger partial charge in [0.1, 0.15) is 23.8 Å². The largest absolute Gasteiger partial charge is 0.379 e. The van der Waals surface area contributed by atoms with Crippen LogP contribution in [0.3, 0.4) is 0 Å². The predicted octanol–water partition coefficient (Wildman–Crippen LogP) is 1.88. The summed E-state index contributed by atoms with van der Waals surface area (Å²) in [4.78, 5) is 37.0. The molecule has 0 aromatic carbocycles. The van der Waals surface area contributed by atoms with E-state index >= 15 is 0 Å². The summed E-state index contributed by atoms with van der Waals surface area (Å²) in [5, 5.41) is 10.6. The van der Waals surface area contributed by atoms with Gasteiger partial charge in [-0.3, -0.25) is 9.59 Å². The zero-order valence-corrected chi connectivity index (χ0v) is 20.3. The second-order valence-electron chi connectivity index (χ2n) is 9.28. The van der Waals surface area contributed by atoms with Crippen LogP contribution in [0.15, 0.2) is 36.8 Å². The van der Waals surface area contributed by atoms with Crippen LogP contribution in [-0.4, -0.2) is 80.3 Å². The van der Waals surface area contributed by atoms with Gasteiger partial charge in [0.05, 0.1) is 24.0 Å². The van der Waals surface area contributed by atoms with Gasteiger partial charge in [-0.15, -0.1) is 0 Å². The van der Waals surface area contributed by atoms with E-state index in [2.05, 4.69) is 20.7 Å². The van der Waals surface area contributed by atoms with Crippen molar-refractivity contribution in [3.63, 3.8) is 0 Å². The highest BCUT2D eigenvalue weighted by atomic mass is 16.5. The topological polar surface area (TPSA) is 119 Å². The Morgan fingerprint density at radius 1 is 1.19 bits per heavy atom. The summed E-state index contributed by atoms with van der Waals surface area (Å²) in [7, 11) is 3.46. The molecule has 2 N–H and O–H groups in total. The Morgan fingerprint density at radius 3 is 2.75 bits per heavy atom.